The van der Waals surface area contributed by atoms with Gasteiger partial charge in [0.05, 0.1) is 10.2 Å². The first kappa shape index (κ1) is 58.3. The van der Waals surface area contributed by atoms with E-state index >= 15 is 0 Å². The summed E-state index contributed by atoms with van der Waals surface area (Å²) in [6.07, 6.45) is 1.24. The van der Waals surface area contributed by atoms with E-state index in [2.05, 4.69) is 51.6 Å². The summed E-state index contributed by atoms with van der Waals surface area (Å²) < 4.78 is 33.1. The molecule has 0 radical (unpaired) electrons. The standard InChI is InChI=1S/C8H14N4O.C7H12N4O2.C5H10N4.C5H13O2P.C5H12O2S.C5H10O2/c1-6(13)5-12-7(8(2,3)4)9-10-11-12;1-7(2,3)6-8-10-11(9-6)4-5(12)13;1-5(2,3)4-6-8-9-7-4;2*1-5(2,3)8(4,6)7;1-5(2,3)4(6)7/h5H2,1-4H3;4H2,1-3H3,(H,12,13);1-3H3,(H,6,7,8,9);1-4H3,(H,6,7);1-4H3;1-3H3,(H,6,7). The minimum absolute atomic E-state index is 0.00694. The van der Waals surface area contributed by atoms with Crippen LogP contribution in [0.4, 0.5) is 0 Å². The highest BCUT2D eigenvalue weighted by Crippen LogP contribution is 2.49. The van der Waals surface area contributed by atoms with E-state index in [0.29, 0.717) is 5.82 Å². The number of carbonyl (C=O) groups excluding carboxylic acids is 1. The number of aliphatic carboxylic acids is 2. The lowest BCUT2D eigenvalue weighted by Crippen LogP contribution is -2.26. The Hall–Kier alpha value is -4.04. The van der Waals surface area contributed by atoms with Gasteiger partial charge in [0.2, 0.25) is 7.37 Å². The van der Waals surface area contributed by atoms with E-state index in [1.54, 1.807) is 67.0 Å². The molecule has 58 heavy (non-hydrogen) atoms. The van der Waals surface area contributed by atoms with E-state index in [1.165, 1.54) is 19.8 Å². The number of carboxylic acids is 2. The van der Waals surface area contributed by atoms with Crippen LogP contribution < -0.4 is 0 Å². The van der Waals surface area contributed by atoms with Gasteiger partial charge < -0.3 is 15.1 Å². The molecule has 23 heteroatoms. The molecule has 21 nitrogen and oxygen atoms in total. The summed E-state index contributed by atoms with van der Waals surface area (Å²) in [5.41, 5.74) is -0.900. The number of sulfone groups is 1. The minimum atomic E-state index is -2.85. The lowest BCUT2D eigenvalue weighted by molar-refractivity contribution is -0.146. The van der Waals surface area contributed by atoms with Gasteiger partial charge in [-0.15, -0.1) is 25.5 Å². The Kier molecular flexibility index (Phi) is 22.5. The van der Waals surface area contributed by atoms with Crippen molar-refractivity contribution in [2.75, 3.05) is 12.9 Å². The van der Waals surface area contributed by atoms with E-state index < -0.39 is 44.5 Å². The first-order valence-corrected chi connectivity index (χ1v) is 22.1. The predicted octanol–water partition coefficient (Wildman–Crippen LogP) is 4.74. The molecule has 1 atom stereocenters. The number of tetrazole rings is 3. The van der Waals surface area contributed by atoms with Crippen LogP contribution in [-0.2, 0) is 58.1 Å². The maximum atomic E-state index is 10.9. The fourth-order valence-electron chi connectivity index (χ4n) is 2.27. The summed E-state index contributed by atoms with van der Waals surface area (Å²) in [5.74, 6) is 0.363. The Bertz CT molecular complexity index is 1840. The van der Waals surface area contributed by atoms with Crippen molar-refractivity contribution in [3.05, 3.63) is 17.5 Å². The topological polar surface area (TPSA) is 305 Å². The number of Topliss-reactive ketones (excluding diaryl/α,β-unsaturated/α-hetero) is 1. The van der Waals surface area contributed by atoms with E-state index in [9.17, 15) is 27.4 Å². The Morgan fingerprint density at radius 1 is 0.724 bits per heavy atom. The van der Waals surface area contributed by atoms with Crippen molar-refractivity contribution in [1.29, 1.82) is 0 Å². The van der Waals surface area contributed by atoms with Crippen LogP contribution >= 0.6 is 7.37 Å². The van der Waals surface area contributed by atoms with E-state index in [1.807, 2.05) is 62.3 Å². The maximum absolute atomic E-state index is 10.9. The smallest absolute Gasteiger partial charge is 0.327 e. The van der Waals surface area contributed by atoms with Crippen LogP contribution in [0.15, 0.2) is 0 Å². The Labute approximate surface area is 344 Å². The van der Waals surface area contributed by atoms with E-state index in [0.717, 1.165) is 16.4 Å². The fourth-order valence-corrected chi connectivity index (χ4v) is 2.27. The van der Waals surface area contributed by atoms with Gasteiger partial charge in [-0.2, -0.15) is 10.0 Å². The molecule has 3 aromatic heterocycles. The third kappa shape index (κ3) is 26.1. The van der Waals surface area contributed by atoms with Crippen molar-refractivity contribution in [3.63, 3.8) is 0 Å². The van der Waals surface area contributed by atoms with Crippen molar-refractivity contribution >= 4 is 34.9 Å². The van der Waals surface area contributed by atoms with Crippen LogP contribution in [-0.4, -0.2) is 125 Å². The number of ketones is 1. The van der Waals surface area contributed by atoms with Gasteiger partial charge in [0.1, 0.15) is 6.54 Å². The zero-order chi connectivity index (χ0) is 47.1. The third-order valence-corrected chi connectivity index (χ3v) is 11.7. The number of rotatable bonds is 4. The van der Waals surface area contributed by atoms with Crippen molar-refractivity contribution in [3.8, 4) is 0 Å². The van der Waals surface area contributed by atoms with Gasteiger partial charge >= 0.3 is 11.9 Å². The molecular weight excluding hydrogens is 796 g/mol. The van der Waals surface area contributed by atoms with E-state index in [4.69, 9.17) is 15.1 Å². The van der Waals surface area contributed by atoms with Gasteiger partial charge in [-0.05, 0) is 64.1 Å². The number of aromatic nitrogens is 12. The number of carboxylic acid groups (broad SMARTS) is 2. The molecule has 3 heterocycles. The van der Waals surface area contributed by atoms with E-state index in [-0.39, 0.29) is 35.1 Å². The average Bonchev–Trinajstić information content (AvgIpc) is 3.73. The number of carbonyl (C=O) groups is 3. The van der Waals surface area contributed by atoms with Gasteiger partial charge in [0.15, 0.2) is 39.6 Å². The van der Waals surface area contributed by atoms with Crippen LogP contribution in [0.5, 0.6) is 0 Å². The van der Waals surface area contributed by atoms with Gasteiger partial charge in [-0.3, -0.25) is 18.9 Å². The van der Waals surface area contributed by atoms with Crippen molar-refractivity contribution in [1.82, 2.24) is 61.0 Å². The normalized spacial score (nSPS) is 13.1. The Morgan fingerprint density at radius 3 is 1.36 bits per heavy atom. The zero-order valence-electron chi connectivity index (χ0n) is 38.5. The Morgan fingerprint density at radius 2 is 1.14 bits per heavy atom. The minimum Gasteiger partial charge on any atom is -0.481 e. The number of hydrogen-bond donors (Lipinski definition) is 4. The molecule has 0 aliphatic heterocycles. The largest absolute Gasteiger partial charge is 0.481 e. The molecule has 1 unspecified atom stereocenters. The molecule has 336 valence electrons. The SMILES string of the molecule is CC(=O)Cn1nnnc1C(C)(C)C.CC(C)(C)C(=O)O.CC(C)(C)P(C)(=O)O.CC(C)(C)S(C)(=O)=O.CC(C)(C)c1nn[nH]n1.CC(C)(C)c1nnn(CC(=O)O)n1. The first-order chi connectivity index (χ1) is 25.4. The molecule has 0 fully saturated rings. The average molecular weight is 867 g/mol. The van der Waals surface area contributed by atoms with Crippen LogP contribution in [0.2, 0.25) is 0 Å². The number of aromatic amines is 1. The molecule has 0 aliphatic rings. The number of hydrogen-bond acceptors (Lipinski definition) is 15. The first-order valence-electron chi connectivity index (χ1n) is 18.1. The summed E-state index contributed by atoms with van der Waals surface area (Å²) in [5, 5.41) is 52.3. The van der Waals surface area contributed by atoms with Gasteiger partial charge in [0, 0.05) is 34.3 Å². The molecule has 4 N–H and O–H groups in total. The summed E-state index contributed by atoms with van der Waals surface area (Å²) in [6, 6.07) is 0. The molecular formula is C35H71N12O9PS. The van der Waals surface area contributed by atoms with Crippen LogP contribution in [0.1, 0.15) is 149 Å². The zero-order valence-corrected chi connectivity index (χ0v) is 40.2. The molecule has 0 aromatic carbocycles. The highest BCUT2D eigenvalue weighted by Gasteiger charge is 2.28. The molecule has 0 amide bonds. The molecule has 0 bridgehead atoms. The molecule has 0 saturated carbocycles. The Balaban J connectivity index is -0.000000638. The third-order valence-electron chi connectivity index (χ3n) is 6.99. The van der Waals surface area contributed by atoms with Gasteiger partial charge in [-0.1, -0.05) is 88.3 Å². The van der Waals surface area contributed by atoms with Crippen LogP contribution in [0, 0.1) is 5.41 Å². The van der Waals surface area contributed by atoms with Gasteiger partial charge in [0.25, 0.3) is 0 Å². The molecule has 0 spiro atoms. The summed E-state index contributed by atoms with van der Waals surface area (Å²) in [7, 11) is -5.69. The number of H-pyrrole nitrogens is 1. The summed E-state index contributed by atoms with van der Waals surface area (Å²) in [6.45, 7) is 36.2. The summed E-state index contributed by atoms with van der Waals surface area (Å²) >= 11 is 0. The van der Waals surface area contributed by atoms with Crippen molar-refractivity contribution < 1.29 is 42.5 Å². The lowest BCUT2D eigenvalue weighted by Gasteiger charge is -2.21. The molecule has 0 aliphatic carbocycles. The predicted molar refractivity (Wildman–Crippen MR) is 221 cm³/mol. The second-order valence-electron chi connectivity index (χ2n) is 19.4. The number of nitrogens with one attached hydrogen (secondary N) is 1. The molecule has 3 rings (SSSR count). The highest BCUT2D eigenvalue weighted by atomic mass is 32.2. The monoisotopic (exact) mass is 866 g/mol. The fraction of sp³-hybridized carbons (Fsp3) is 0.829. The van der Waals surface area contributed by atoms with Gasteiger partial charge in [-0.25, -0.2) is 13.1 Å². The summed E-state index contributed by atoms with van der Waals surface area (Å²) in [4.78, 5) is 41.2. The van der Waals surface area contributed by atoms with Crippen molar-refractivity contribution in [2.45, 2.75) is 171 Å². The number of nitrogens with zero attached hydrogens (tertiary/aromatic N) is 11. The van der Waals surface area contributed by atoms with Crippen LogP contribution in [0.25, 0.3) is 0 Å². The molecule has 3 aromatic rings. The second-order valence-corrected chi connectivity index (χ2v) is 25.2. The molecule has 0 saturated heterocycles. The lowest BCUT2D eigenvalue weighted by atomic mass is 9.96. The maximum Gasteiger partial charge on any atom is 0.327 e. The second kappa shape index (κ2) is 22.4. The highest BCUT2D eigenvalue weighted by molar-refractivity contribution is 7.92. The van der Waals surface area contributed by atoms with Crippen LogP contribution in [0.3, 0.4) is 0 Å². The quantitative estimate of drug-likeness (QED) is 0.257. The van der Waals surface area contributed by atoms with Crippen molar-refractivity contribution in [2.24, 2.45) is 5.41 Å².